The molecule has 0 aliphatic carbocycles. The molecule has 6 nitrogen and oxygen atoms in total. The van der Waals surface area contributed by atoms with E-state index in [2.05, 4.69) is 10.3 Å². The molecule has 168 valence electrons. The van der Waals surface area contributed by atoms with Crippen LogP contribution in [0.1, 0.15) is 32.8 Å². The van der Waals surface area contributed by atoms with Crippen molar-refractivity contribution in [2.75, 3.05) is 18.0 Å². The summed E-state index contributed by atoms with van der Waals surface area (Å²) in [5.74, 6) is -1.13. The lowest BCUT2D eigenvalue weighted by atomic mass is 9.92. The van der Waals surface area contributed by atoms with Gasteiger partial charge in [-0.25, -0.2) is 0 Å². The van der Waals surface area contributed by atoms with E-state index in [0.29, 0.717) is 34.5 Å². The maximum Gasteiger partial charge on any atom is 0.393 e. The Labute approximate surface area is 179 Å². The molecule has 2 aromatic rings. The molecule has 1 amide bonds. The van der Waals surface area contributed by atoms with Crippen LogP contribution in [0.3, 0.4) is 0 Å². The fourth-order valence-corrected chi connectivity index (χ4v) is 3.27. The summed E-state index contributed by atoms with van der Waals surface area (Å²) in [6.07, 6.45) is -2.67. The minimum Gasteiger partial charge on any atom is -0.393 e. The van der Waals surface area contributed by atoms with Gasteiger partial charge in [-0.3, -0.25) is 9.78 Å². The lowest BCUT2D eigenvalue weighted by molar-refractivity contribution is -0.177. The van der Waals surface area contributed by atoms with E-state index in [0.717, 1.165) is 0 Å². The van der Waals surface area contributed by atoms with Crippen LogP contribution in [0, 0.1) is 23.2 Å². The number of hydrogen-bond donors (Lipinski definition) is 2. The molecule has 2 heterocycles. The SMILES string of the molecule is CC(C)C(C)O.N#Cc1ccc(N2CC(NC=O)CC(C(F)(F)F)C2)c2cccnc12. The third-order valence-corrected chi connectivity index (χ3v) is 5.39. The number of carbonyl (C=O) groups excluding carboxylic acids is 1. The maximum absolute atomic E-state index is 13.3. The van der Waals surface area contributed by atoms with Crippen molar-refractivity contribution in [2.24, 2.45) is 11.8 Å². The van der Waals surface area contributed by atoms with Gasteiger partial charge < -0.3 is 15.3 Å². The van der Waals surface area contributed by atoms with E-state index in [1.807, 2.05) is 19.9 Å². The normalized spacial score (nSPS) is 19.9. The fraction of sp³-hybridized carbons (Fsp3) is 0.500. The summed E-state index contributed by atoms with van der Waals surface area (Å²) >= 11 is 0. The first-order valence-corrected chi connectivity index (χ1v) is 10.1. The molecule has 1 saturated heterocycles. The molecule has 1 aromatic carbocycles. The van der Waals surface area contributed by atoms with Crippen LogP contribution in [-0.4, -0.2) is 47.9 Å². The lowest BCUT2D eigenvalue weighted by Gasteiger charge is -2.40. The Morgan fingerprint density at radius 1 is 1.29 bits per heavy atom. The van der Waals surface area contributed by atoms with Gasteiger partial charge in [0.2, 0.25) is 6.41 Å². The zero-order valence-corrected chi connectivity index (χ0v) is 17.7. The van der Waals surface area contributed by atoms with Crippen LogP contribution in [0.15, 0.2) is 30.5 Å². The number of benzene rings is 1. The second-order valence-corrected chi connectivity index (χ2v) is 7.99. The fourth-order valence-electron chi connectivity index (χ4n) is 3.27. The summed E-state index contributed by atoms with van der Waals surface area (Å²) in [4.78, 5) is 16.5. The van der Waals surface area contributed by atoms with E-state index in [1.54, 1.807) is 42.3 Å². The molecule has 1 fully saturated rings. The van der Waals surface area contributed by atoms with Crippen molar-refractivity contribution in [2.45, 2.75) is 45.5 Å². The van der Waals surface area contributed by atoms with Crippen LogP contribution in [0.5, 0.6) is 0 Å². The number of hydrogen-bond acceptors (Lipinski definition) is 5. The van der Waals surface area contributed by atoms with Gasteiger partial charge in [0, 0.05) is 36.4 Å². The summed E-state index contributed by atoms with van der Waals surface area (Å²) in [7, 11) is 0. The van der Waals surface area contributed by atoms with Crippen LogP contribution in [0.2, 0.25) is 0 Å². The van der Waals surface area contributed by atoms with Gasteiger partial charge in [-0.1, -0.05) is 13.8 Å². The molecule has 31 heavy (non-hydrogen) atoms. The number of aliphatic hydroxyl groups is 1. The molecule has 1 aliphatic rings. The minimum atomic E-state index is -4.35. The molecule has 3 rings (SSSR count). The second kappa shape index (κ2) is 10.4. The van der Waals surface area contributed by atoms with Gasteiger partial charge in [0.05, 0.1) is 23.1 Å². The number of nitrogens with zero attached hydrogens (tertiary/aromatic N) is 3. The smallest absolute Gasteiger partial charge is 0.393 e. The van der Waals surface area contributed by atoms with Crippen molar-refractivity contribution in [1.82, 2.24) is 10.3 Å². The number of piperidine rings is 1. The first-order chi connectivity index (χ1) is 14.6. The van der Waals surface area contributed by atoms with Crippen molar-refractivity contribution in [3.63, 3.8) is 0 Å². The predicted octanol–water partition coefficient (Wildman–Crippen LogP) is 3.63. The molecule has 2 N–H and O–H groups in total. The number of carbonyl (C=O) groups is 1. The highest BCUT2D eigenvalue weighted by molar-refractivity contribution is 5.95. The van der Waals surface area contributed by atoms with Crippen molar-refractivity contribution in [3.8, 4) is 6.07 Å². The van der Waals surface area contributed by atoms with Gasteiger partial charge in [0.25, 0.3) is 0 Å². The summed E-state index contributed by atoms with van der Waals surface area (Å²) in [5, 5.41) is 20.9. The Morgan fingerprint density at radius 3 is 2.52 bits per heavy atom. The molecule has 0 saturated carbocycles. The highest BCUT2D eigenvalue weighted by atomic mass is 19.4. The number of rotatable bonds is 4. The number of alkyl halides is 3. The van der Waals surface area contributed by atoms with Gasteiger partial charge >= 0.3 is 6.18 Å². The molecule has 9 heteroatoms. The van der Waals surface area contributed by atoms with E-state index in [9.17, 15) is 23.2 Å². The Hall–Kier alpha value is -2.86. The molecule has 0 spiro atoms. The topological polar surface area (TPSA) is 89.2 Å². The zero-order chi connectivity index (χ0) is 23.2. The Balaban J connectivity index is 0.000000501. The minimum absolute atomic E-state index is 0.148. The molecule has 3 unspecified atom stereocenters. The standard InChI is InChI=1S/C17H15F3N4O.C5H12O/c18-17(19,20)12-6-13(23-10-25)9-24(8-12)15-4-3-11(7-21)16-14(15)2-1-5-22-16;1-4(2)5(3)6/h1-5,10,12-13H,6,8-9H2,(H,23,25);4-6H,1-3H3. The first kappa shape index (κ1) is 24.4. The van der Waals surface area contributed by atoms with Crippen LogP contribution >= 0.6 is 0 Å². The van der Waals surface area contributed by atoms with Gasteiger partial charge in [0.15, 0.2) is 0 Å². The van der Waals surface area contributed by atoms with E-state index in [1.165, 1.54) is 0 Å². The molecular formula is C22H27F3N4O2. The molecular weight excluding hydrogens is 409 g/mol. The highest BCUT2D eigenvalue weighted by Crippen LogP contribution is 2.37. The van der Waals surface area contributed by atoms with Crippen LogP contribution in [0.25, 0.3) is 10.9 Å². The number of amides is 1. The number of halogens is 3. The third kappa shape index (κ3) is 6.31. The number of fused-ring (bicyclic) bond motifs is 1. The number of pyridine rings is 1. The number of anilines is 1. The molecule has 0 bridgehead atoms. The highest BCUT2D eigenvalue weighted by Gasteiger charge is 2.44. The van der Waals surface area contributed by atoms with E-state index >= 15 is 0 Å². The van der Waals surface area contributed by atoms with Crippen molar-refractivity contribution >= 4 is 23.0 Å². The lowest BCUT2D eigenvalue weighted by Crippen LogP contribution is -2.52. The van der Waals surface area contributed by atoms with E-state index in [4.69, 9.17) is 5.11 Å². The monoisotopic (exact) mass is 436 g/mol. The molecule has 0 radical (unpaired) electrons. The van der Waals surface area contributed by atoms with E-state index < -0.39 is 18.1 Å². The van der Waals surface area contributed by atoms with Gasteiger partial charge in [-0.15, -0.1) is 0 Å². The second-order valence-electron chi connectivity index (χ2n) is 7.99. The summed E-state index contributed by atoms with van der Waals surface area (Å²) in [5.41, 5.74) is 1.40. The van der Waals surface area contributed by atoms with Gasteiger partial charge in [-0.05, 0) is 43.5 Å². The summed E-state index contributed by atoms with van der Waals surface area (Å²) in [6.45, 7) is 5.84. The van der Waals surface area contributed by atoms with Crippen molar-refractivity contribution in [1.29, 1.82) is 5.26 Å². The maximum atomic E-state index is 13.3. The Morgan fingerprint density at radius 2 is 1.97 bits per heavy atom. The Bertz CT molecular complexity index is 919. The van der Waals surface area contributed by atoms with E-state index in [-0.39, 0.29) is 25.6 Å². The average molecular weight is 436 g/mol. The largest absolute Gasteiger partial charge is 0.393 e. The van der Waals surface area contributed by atoms with Crippen molar-refractivity contribution in [3.05, 3.63) is 36.0 Å². The molecule has 1 aromatic heterocycles. The van der Waals surface area contributed by atoms with Gasteiger partial charge in [-0.2, -0.15) is 18.4 Å². The number of nitriles is 1. The predicted molar refractivity (Wildman–Crippen MR) is 112 cm³/mol. The zero-order valence-electron chi connectivity index (χ0n) is 17.7. The van der Waals surface area contributed by atoms with Crippen LogP contribution in [0.4, 0.5) is 18.9 Å². The number of nitrogens with one attached hydrogen (secondary N) is 1. The first-order valence-electron chi connectivity index (χ1n) is 10.1. The molecule has 3 atom stereocenters. The molecule has 1 aliphatic heterocycles. The van der Waals surface area contributed by atoms with Crippen LogP contribution < -0.4 is 10.2 Å². The number of aromatic nitrogens is 1. The quantitative estimate of drug-likeness (QED) is 0.715. The summed E-state index contributed by atoms with van der Waals surface area (Å²) in [6, 6.07) is 8.06. The van der Waals surface area contributed by atoms with Crippen molar-refractivity contribution < 1.29 is 23.1 Å². The third-order valence-electron chi connectivity index (χ3n) is 5.39. The Kier molecular flexibility index (Phi) is 8.22. The van der Waals surface area contributed by atoms with Crippen LogP contribution in [-0.2, 0) is 4.79 Å². The number of aliphatic hydroxyl groups excluding tert-OH is 1. The summed E-state index contributed by atoms with van der Waals surface area (Å²) < 4.78 is 39.8. The van der Waals surface area contributed by atoms with Gasteiger partial charge in [0.1, 0.15) is 6.07 Å². The average Bonchev–Trinajstić information content (AvgIpc) is 2.72.